The molecule has 0 fully saturated rings. The fourth-order valence-corrected chi connectivity index (χ4v) is 3.77. The lowest BCUT2D eigenvalue weighted by atomic mass is 10.1. The second-order valence-electron chi connectivity index (χ2n) is 13.3. The number of esters is 3. The molecule has 1 aromatic rings. The van der Waals surface area contributed by atoms with Gasteiger partial charge in [0, 0.05) is 23.7 Å². The third kappa shape index (κ3) is 18.2. The summed E-state index contributed by atoms with van der Waals surface area (Å²) in [7, 11) is 0. The van der Waals surface area contributed by atoms with Crippen LogP contribution in [0.15, 0.2) is 24.3 Å². The zero-order valence-corrected chi connectivity index (χ0v) is 28.1. The maximum Gasteiger partial charge on any atom is 0.329 e. The molecule has 0 saturated heterocycles. The van der Waals surface area contributed by atoms with Gasteiger partial charge in [0.1, 0.15) is 28.9 Å². The van der Waals surface area contributed by atoms with Crippen molar-refractivity contribution in [3.8, 4) is 0 Å². The van der Waals surface area contributed by atoms with Crippen LogP contribution in [0, 0.1) is 0 Å². The Morgan fingerprint density at radius 2 is 1.16 bits per heavy atom. The Morgan fingerprint density at radius 3 is 1.64 bits per heavy atom. The minimum absolute atomic E-state index is 0.0713. The van der Waals surface area contributed by atoms with Gasteiger partial charge in [0.15, 0.2) is 0 Å². The van der Waals surface area contributed by atoms with Gasteiger partial charge in [-0.2, -0.15) is 0 Å². The van der Waals surface area contributed by atoms with E-state index in [-0.39, 0.29) is 19.3 Å². The average Bonchev–Trinajstić information content (AvgIpc) is 2.83. The number of amides is 4. The van der Waals surface area contributed by atoms with E-state index in [0.29, 0.717) is 30.1 Å². The number of ether oxygens (including phenoxy) is 3. The first kappa shape index (κ1) is 38.5. The van der Waals surface area contributed by atoms with E-state index in [1.807, 2.05) is 0 Å². The summed E-state index contributed by atoms with van der Waals surface area (Å²) in [5.74, 6) is -1.91. The highest BCUT2D eigenvalue weighted by atomic mass is 35.5. The van der Waals surface area contributed by atoms with Crippen LogP contribution in [0.5, 0.6) is 0 Å². The Kier molecular flexibility index (Phi) is 14.9. The number of carbonyl (C=O) groups is 5. The normalized spacial score (nSPS) is 13.1. The zero-order valence-electron chi connectivity index (χ0n) is 27.4. The molecule has 4 N–H and O–H groups in total. The van der Waals surface area contributed by atoms with E-state index in [1.54, 1.807) is 86.6 Å². The highest BCUT2D eigenvalue weighted by Gasteiger charge is 2.31. The summed E-state index contributed by atoms with van der Waals surface area (Å²) >= 11 is 5.86. The number of hydrogen-bond acceptors (Lipinski definition) is 8. The van der Waals surface area contributed by atoms with Gasteiger partial charge in [0.25, 0.3) is 0 Å². The number of unbranched alkanes of at least 4 members (excludes halogenated alkanes) is 1. The van der Waals surface area contributed by atoms with E-state index in [1.165, 1.54) is 0 Å². The molecule has 248 valence electrons. The average molecular weight is 641 g/mol. The van der Waals surface area contributed by atoms with Crippen LogP contribution in [0.3, 0.4) is 0 Å². The van der Waals surface area contributed by atoms with Crippen molar-refractivity contribution in [1.29, 1.82) is 0 Å². The van der Waals surface area contributed by atoms with Crippen molar-refractivity contribution in [3.63, 3.8) is 0 Å². The van der Waals surface area contributed by atoms with Crippen LogP contribution >= 0.6 is 11.6 Å². The lowest BCUT2D eigenvalue weighted by Gasteiger charge is -2.27. The van der Waals surface area contributed by atoms with E-state index in [0.717, 1.165) is 0 Å². The Morgan fingerprint density at radius 1 is 0.682 bits per heavy atom. The van der Waals surface area contributed by atoms with E-state index in [2.05, 4.69) is 21.3 Å². The number of rotatable bonds is 13. The largest absolute Gasteiger partial charge is 0.460 e. The molecule has 0 radical (unpaired) electrons. The van der Waals surface area contributed by atoms with Crippen LogP contribution in [0.2, 0.25) is 5.02 Å². The Hall–Kier alpha value is -3.54. The van der Waals surface area contributed by atoms with Gasteiger partial charge in [0.2, 0.25) is 0 Å². The van der Waals surface area contributed by atoms with Gasteiger partial charge in [-0.3, -0.25) is 4.79 Å². The van der Waals surface area contributed by atoms with Crippen molar-refractivity contribution in [2.24, 2.45) is 0 Å². The number of urea groups is 2. The standard InChI is InChI=1S/C31H49ClN4O8/c1-29(2,3)42-24(37)18-17-23(26(39)44-31(7,8)9)36-28(41)35-22(25(38)43-30(4,5)6)12-10-11-19-33-27(40)34-21-15-13-20(32)14-16-21/h13-16,22-23H,10-12,17-19H2,1-9H3,(H2,33,34,40)(H2,35,36,41)/t22-,23-/m0/s1. The molecule has 1 rings (SSSR count). The molecule has 44 heavy (non-hydrogen) atoms. The van der Waals surface area contributed by atoms with Crippen molar-refractivity contribution in [2.75, 3.05) is 11.9 Å². The fraction of sp³-hybridized carbons (Fsp3) is 0.645. The molecular weight excluding hydrogens is 592 g/mol. The second kappa shape index (κ2) is 17.1. The molecule has 0 spiro atoms. The highest BCUT2D eigenvalue weighted by Crippen LogP contribution is 2.16. The first-order valence-electron chi connectivity index (χ1n) is 14.7. The quantitative estimate of drug-likeness (QED) is 0.125. The van der Waals surface area contributed by atoms with Crippen LogP contribution in [0.25, 0.3) is 0 Å². The summed E-state index contributed by atoms with van der Waals surface area (Å²) in [5.41, 5.74) is -1.76. The molecule has 4 amide bonds. The van der Waals surface area contributed by atoms with Gasteiger partial charge in [0.05, 0.1) is 0 Å². The maximum atomic E-state index is 13.0. The van der Waals surface area contributed by atoms with Crippen LogP contribution in [-0.4, -0.2) is 65.4 Å². The molecular formula is C31H49ClN4O8. The topological polar surface area (TPSA) is 161 Å². The number of anilines is 1. The Labute approximate surface area is 265 Å². The van der Waals surface area contributed by atoms with Crippen LogP contribution in [-0.2, 0) is 28.6 Å². The molecule has 0 aliphatic heterocycles. The molecule has 0 unspecified atom stereocenters. The smallest absolute Gasteiger partial charge is 0.329 e. The molecule has 2 atom stereocenters. The van der Waals surface area contributed by atoms with Crippen LogP contribution in [0.1, 0.15) is 94.4 Å². The van der Waals surface area contributed by atoms with Crippen molar-refractivity contribution >= 4 is 47.3 Å². The van der Waals surface area contributed by atoms with Crippen LogP contribution < -0.4 is 21.3 Å². The van der Waals surface area contributed by atoms with E-state index in [4.69, 9.17) is 25.8 Å². The third-order valence-corrected chi connectivity index (χ3v) is 5.61. The Balaban J connectivity index is 2.81. The molecule has 0 aromatic heterocycles. The lowest BCUT2D eigenvalue weighted by Crippen LogP contribution is -2.53. The molecule has 0 aliphatic carbocycles. The summed E-state index contributed by atoms with van der Waals surface area (Å²) in [6, 6.07) is 3.26. The van der Waals surface area contributed by atoms with Crippen molar-refractivity contribution in [2.45, 2.75) is 123 Å². The van der Waals surface area contributed by atoms with E-state index in [9.17, 15) is 24.0 Å². The third-order valence-electron chi connectivity index (χ3n) is 5.36. The van der Waals surface area contributed by atoms with E-state index < -0.39 is 58.9 Å². The summed E-state index contributed by atoms with van der Waals surface area (Å²) in [4.78, 5) is 63.3. The molecule has 13 heteroatoms. The fourth-order valence-electron chi connectivity index (χ4n) is 3.64. The minimum Gasteiger partial charge on any atom is -0.460 e. The number of hydrogen-bond donors (Lipinski definition) is 4. The summed E-state index contributed by atoms with van der Waals surface area (Å²) in [5, 5.41) is 11.1. The molecule has 0 saturated carbocycles. The van der Waals surface area contributed by atoms with Crippen molar-refractivity contribution < 1.29 is 38.2 Å². The summed E-state index contributed by atoms with van der Waals surface area (Å²) in [6.07, 6.45) is 0.956. The number of benzene rings is 1. The number of nitrogens with one attached hydrogen (secondary N) is 4. The number of halogens is 1. The predicted octanol–water partition coefficient (Wildman–Crippen LogP) is 5.47. The predicted molar refractivity (Wildman–Crippen MR) is 168 cm³/mol. The first-order valence-corrected chi connectivity index (χ1v) is 15.1. The monoisotopic (exact) mass is 640 g/mol. The zero-order chi connectivity index (χ0) is 33.7. The molecule has 12 nitrogen and oxygen atoms in total. The number of carbonyl (C=O) groups excluding carboxylic acids is 5. The van der Waals surface area contributed by atoms with Gasteiger partial charge < -0.3 is 35.5 Å². The molecule has 1 aromatic carbocycles. The summed E-state index contributed by atoms with van der Waals surface area (Å²) in [6.45, 7) is 15.7. The van der Waals surface area contributed by atoms with Gasteiger partial charge in [-0.1, -0.05) is 11.6 Å². The maximum absolute atomic E-state index is 13.0. The Bertz CT molecular complexity index is 1120. The van der Waals surface area contributed by atoms with Gasteiger partial charge in [-0.25, -0.2) is 19.2 Å². The first-order chi connectivity index (χ1) is 20.1. The second-order valence-corrected chi connectivity index (χ2v) is 13.7. The van der Waals surface area contributed by atoms with Crippen molar-refractivity contribution in [3.05, 3.63) is 29.3 Å². The minimum atomic E-state index is -1.18. The molecule has 0 aliphatic rings. The van der Waals surface area contributed by atoms with Gasteiger partial charge in [-0.15, -0.1) is 0 Å². The van der Waals surface area contributed by atoms with Gasteiger partial charge in [-0.05, 0) is 112 Å². The van der Waals surface area contributed by atoms with Crippen molar-refractivity contribution in [1.82, 2.24) is 16.0 Å². The van der Waals surface area contributed by atoms with Crippen LogP contribution in [0.4, 0.5) is 15.3 Å². The molecule has 0 bridgehead atoms. The highest BCUT2D eigenvalue weighted by molar-refractivity contribution is 6.30. The lowest BCUT2D eigenvalue weighted by molar-refractivity contribution is -0.159. The summed E-state index contributed by atoms with van der Waals surface area (Å²) < 4.78 is 16.2. The van der Waals surface area contributed by atoms with E-state index >= 15 is 0 Å². The van der Waals surface area contributed by atoms with Gasteiger partial charge >= 0.3 is 30.0 Å². The molecule has 0 heterocycles. The SMILES string of the molecule is CC(C)(C)OC(=O)CC[C@H](NC(=O)N[C@@H](CCCCNC(=O)Nc1ccc(Cl)cc1)C(=O)OC(C)(C)C)C(=O)OC(C)(C)C.